The molecule has 0 radical (unpaired) electrons. The zero-order chi connectivity index (χ0) is 36.5. The summed E-state index contributed by atoms with van der Waals surface area (Å²) in [6, 6.07) is 25.4. The number of halogens is 1. The van der Waals surface area contributed by atoms with Crippen LogP contribution in [0.25, 0.3) is 0 Å². The maximum absolute atomic E-state index is 6.83. The standard InChI is InChI=1S/C45H55ClN4/c1-11-13-37-25-42(38(14-12-2)24-39(37)31(3)4)48-28-34-19-21-36(22-20-34)30-50-45(8,9)44(6,7)40-26-41(46)43(23-32(40)5)49-29-35-17-15-33(16-18-35)27-47-10/h15-31H,11-14H2,1-10H3. The van der Waals surface area contributed by atoms with Crippen LogP contribution in [-0.2, 0) is 18.3 Å². The van der Waals surface area contributed by atoms with Crippen molar-refractivity contribution in [1.82, 2.24) is 0 Å². The van der Waals surface area contributed by atoms with Crippen LogP contribution in [-0.4, -0.2) is 37.4 Å². The second-order valence-corrected chi connectivity index (χ2v) is 15.0. The number of aryl methyl sites for hydroxylation is 3. The molecule has 4 rings (SSSR count). The Hall–Kier alpha value is -4.15. The number of hydrogen-bond donors (Lipinski definition) is 0. The normalized spacial score (nSPS) is 12.9. The molecule has 0 fully saturated rings. The number of benzene rings is 4. The molecule has 4 aromatic carbocycles. The monoisotopic (exact) mass is 686 g/mol. The van der Waals surface area contributed by atoms with Crippen molar-refractivity contribution in [3.63, 3.8) is 0 Å². The molecule has 0 aliphatic heterocycles. The van der Waals surface area contributed by atoms with E-state index in [9.17, 15) is 0 Å². The van der Waals surface area contributed by atoms with Gasteiger partial charge in [-0.15, -0.1) is 0 Å². The minimum absolute atomic E-state index is 0.305. The van der Waals surface area contributed by atoms with Crippen LogP contribution < -0.4 is 0 Å². The van der Waals surface area contributed by atoms with E-state index in [1.54, 1.807) is 7.05 Å². The van der Waals surface area contributed by atoms with Gasteiger partial charge in [0.1, 0.15) is 0 Å². The van der Waals surface area contributed by atoms with Gasteiger partial charge in [-0.1, -0.05) is 121 Å². The lowest BCUT2D eigenvalue weighted by molar-refractivity contribution is 0.309. The summed E-state index contributed by atoms with van der Waals surface area (Å²) in [6.07, 6.45) is 12.0. The Morgan fingerprint density at radius 2 is 1.16 bits per heavy atom. The smallest absolute Gasteiger partial charge is 0.0818 e. The lowest BCUT2D eigenvalue weighted by atomic mass is 9.68. The van der Waals surface area contributed by atoms with Crippen molar-refractivity contribution in [3.8, 4) is 0 Å². The Kier molecular flexibility index (Phi) is 13.3. The van der Waals surface area contributed by atoms with E-state index in [2.05, 4.69) is 116 Å². The first-order valence-electron chi connectivity index (χ1n) is 18.0. The van der Waals surface area contributed by atoms with E-state index in [1.807, 2.05) is 49.1 Å². The van der Waals surface area contributed by atoms with E-state index in [1.165, 1.54) is 16.7 Å². The Bertz CT molecular complexity index is 1860. The fourth-order valence-corrected chi connectivity index (χ4v) is 6.46. The van der Waals surface area contributed by atoms with Crippen LogP contribution >= 0.6 is 11.6 Å². The van der Waals surface area contributed by atoms with Gasteiger partial charge in [0.2, 0.25) is 0 Å². The predicted molar refractivity (Wildman–Crippen MR) is 220 cm³/mol. The first-order valence-corrected chi connectivity index (χ1v) is 18.4. The van der Waals surface area contributed by atoms with Crippen molar-refractivity contribution in [2.75, 3.05) is 7.05 Å². The highest BCUT2D eigenvalue weighted by atomic mass is 35.5. The topological polar surface area (TPSA) is 49.4 Å². The summed E-state index contributed by atoms with van der Waals surface area (Å²) in [5, 5.41) is 0.626. The van der Waals surface area contributed by atoms with Crippen molar-refractivity contribution in [2.24, 2.45) is 20.0 Å². The van der Waals surface area contributed by atoms with Gasteiger partial charge in [0.15, 0.2) is 0 Å². The molecule has 5 heteroatoms. The van der Waals surface area contributed by atoms with Gasteiger partial charge >= 0.3 is 0 Å². The second kappa shape index (κ2) is 17.2. The maximum atomic E-state index is 6.83. The average Bonchev–Trinajstić information content (AvgIpc) is 3.08. The lowest BCUT2D eigenvalue weighted by Gasteiger charge is -2.40. The van der Waals surface area contributed by atoms with Gasteiger partial charge in [0, 0.05) is 37.3 Å². The van der Waals surface area contributed by atoms with Gasteiger partial charge in [-0.05, 0) is 108 Å². The van der Waals surface area contributed by atoms with Crippen LogP contribution in [0, 0.1) is 6.92 Å². The third kappa shape index (κ3) is 9.54. The van der Waals surface area contributed by atoms with E-state index in [4.69, 9.17) is 26.6 Å². The molecule has 0 heterocycles. The molecule has 0 spiro atoms. The molecule has 0 unspecified atom stereocenters. The molecule has 50 heavy (non-hydrogen) atoms. The number of rotatable bonds is 14. The summed E-state index contributed by atoms with van der Waals surface area (Å²) in [5.74, 6) is 0.512. The highest BCUT2D eigenvalue weighted by Crippen LogP contribution is 2.42. The third-order valence-corrected chi connectivity index (χ3v) is 10.2. The summed E-state index contributed by atoms with van der Waals surface area (Å²) in [5.41, 5.74) is 11.8. The van der Waals surface area contributed by atoms with Crippen LogP contribution in [0.5, 0.6) is 0 Å². The molecule has 0 atom stereocenters. The summed E-state index contributed by atoms with van der Waals surface area (Å²) < 4.78 is 0. The first kappa shape index (κ1) is 38.6. The Balaban J connectivity index is 1.50. The van der Waals surface area contributed by atoms with Crippen LogP contribution in [0.2, 0.25) is 5.02 Å². The Morgan fingerprint density at radius 3 is 1.68 bits per heavy atom. The largest absolute Gasteiger partial charge is 0.296 e. The van der Waals surface area contributed by atoms with Gasteiger partial charge in [0.25, 0.3) is 0 Å². The zero-order valence-electron chi connectivity index (χ0n) is 31.8. The lowest BCUT2D eigenvalue weighted by Crippen LogP contribution is -2.41. The number of aliphatic imine (C=N–C) groups is 4. The molecule has 0 saturated heterocycles. The molecule has 4 aromatic rings. The van der Waals surface area contributed by atoms with Crippen LogP contribution in [0.15, 0.2) is 92.8 Å². The maximum Gasteiger partial charge on any atom is 0.0818 e. The minimum atomic E-state index is -0.413. The van der Waals surface area contributed by atoms with Crippen molar-refractivity contribution >= 4 is 47.8 Å². The summed E-state index contributed by atoms with van der Waals surface area (Å²) in [4.78, 5) is 18.9. The van der Waals surface area contributed by atoms with Gasteiger partial charge in [-0.25, -0.2) is 0 Å². The fraction of sp³-hybridized carbons (Fsp3) is 0.378. The van der Waals surface area contributed by atoms with Crippen molar-refractivity contribution in [3.05, 3.63) is 128 Å². The molecule has 4 nitrogen and oxygen atoms in total. The molecule has 0 aromatic heterocycles. The van der Waals surface area contributed by atoms with Crippen LogP contribution in [0.3, 0.4) is 0 Å². The minimum Gasteiger partial charge on any atom is -0.296 e. The molecule has 0 amide bonds. The fourth-order valence-electron chi connectivity index (χ4n) is 6.25. The Morgan fingerprint density at radius 1 is 0.660 bits per heavy atom. The molecule has 0 bridgehead atoms. The second-order valence-electron chi connectivity index (χ2n) is 14.6. The molecular weight excluding hydrogens is 632 g/mol. The van der Waals surface area contributed by atoms with E-state index in [0.717, 1.165) is 70.4 Å². The molecule has 0 aliphatic carbocycles. The first-order chi connectivity index (χ1) is 23.8. The highest BCUT2D eigenvalue weighted by Gasteiger charge is 2.39. The Labute approximate surface area is 306 Å². The molecule has 0 aliphatic rings. The molecular formula is C45H55ClN4. The SMILES string of the molecule is CCCc1cc(C(C)C)c(CCC)cc1N=Cc1ccc(C=NC(C)(C)C(C)(C)c2cc(Cl)c(N=Cc3ccc(C=NC)cc3)cc2C)cc1. The third-order valence-electron chi connectivity index (χ3n) is 9.89. The van der Waals surface area contributed by atoms with Crippen molar-refractivity contribution in [1.29, 1.82) is 0 Å². The van der Waals surface area contributed by atoms with Crippen LogP contribution in [0.1, 0.15) is 124 Å². The molecule has 0 saturated carbocycles. The quantitative estimate of drug-likeness (QED) is 0.119. The summed E-state index contributed by atoms with van der Waals surface area (Å²) in [6.45, 7) is 20.0. The summed E-state index contributed by atoms with van der Waals surface area (Å²) >= 11 is 6.83. The van der Waals surface area contributed by atoms with Gasteiger partial charge in [-0.3, -0.25) is 20.0 Å². The predicted octanol–water partition coefficient (Wildman–Crippen LogP) is 12.4. The average molecular weight is 687 g/mol. The van der Waals surface area contributed by atoms with Crippen molar-refractivity contribution in [2.45, 2.75) is 105 Å². The number of nitrogens with zero attached hydrogens (tertiary/aromatic N) is 4. The van der Waals surface area contributed by atoms with E-state index in [0.29, 0.717) is 10.9 Å². The van der Waals surface area contributed by atoms with Gasteiger partial charge in [0.05, 0.1) is 21.9 Å². The zero-order valence-corrected chi connectivity index (χ0v) is 32.6. The van der Waals surface area contributed by atoms with E-state index >= 15 is 0 Å². The van der Waals surface area contributed by atoms with E-state index in [-0.39, 0.29) is 5.41 Å². The molecule has 0 N–H and O–H groups in total. The van der Waals surface area contributed by atoms with Gasteiger partial charge in [-0.2, -0.15) is 0 Å². The van der Waals surface area contributed by atoms with Gasteiger partial charge < -0.3 is 0 Å². The molecule has 262 valence electrons. The van der Waals surface area contributed by atoms with Crippen molar-refractivity contribution < 1.29 is 0 Å². The number of hydrogen-bond acceptors (Lipinski definition) is 4. The highest BCUT2D eigenvalue weighted by molar-refractivity contribution is 6.33. The van der Waals surface area contributed by atoms with E-state index < -0.39 is 5.54 Å². The summed E-state index contributed by atoms with van der Waals surface area (Å²) in [7, 11) is 1.77. The van der Waals surface area contributed by atoms with Crippen LogP contribution in [0.4, 0.5) is 11.4 Å².